The van der Waals surface area contributed by atoms with Crippen LogP contribution >= 0.6 is 0 Å². The first-order valence-electron chi connectivity index (χ1n) is 6.64. The molecule has 6 nitrogen and oxygen atoms in total. The van der Waals surface area contributed by atoms with Gasteiger partial charge in [-0.25, -0.2) is 13.2 Å². The summed E-state index contributed by atoms with van der Waals surface area (Å²) in [6.45, 7) is 2.62. The van der Waals surface area contributed by atoms with Crippen molar-refractivity contribution in [2.24, 2.45) is 0 Å². The highest BCUT2D eigenvalue weighted by molar-refractivity contribution is 7.90. The van der Waals surface area contributed by atoms with E-state index in [4.69, 9.17) is 14.6 Å². The Balaban J connectivity index is 2.74. The van der Waals surface area contributed by atoms with E-state index in [-0.39, 0.29) is 23.7 Å². The van der Waals surface area contributed by atoms with Crippen LogP contribution in [0.4, 0.5) is 0 Å². The molecular formula is C14H20O6S. The summed E-state index contributed by atoms with van der Waals surface area (Å²) in [5.74, 6) is -0.388. The van der Waals surface area contributed by atoms with E-state index in [2.05, 4.69) is 0 Å². The molecule has 1 aromatic carbocycles. The second-order valence-electron chi connectivity index (χ2n) is 4.64. The minimum Gasteiger partial charge on any atom is -0.493 e. The topological polar surface area (TPSA) is 89.9 Å². The van der Waals surface area contributed by atoms with Gasteiger partial charge >= 0.3 is 5.97 Å². The zero-order chi connectivity index (χ0) is 15.9. The van der Waals surface area contributed by atoms with E-state index in [1.54, 1.807) is 6.07 Å². The molecule has 7 heteroatoms. The number of rotatable bonds is 9. The molecular weight excluding hydrogens is 296 g/mol. The first-order valence-corrected chi connectivity index (χ1v) is 8.70. The largest absolute Gasteiger partial charge is 0.493 e. The molecule has 0 aliphatic heterocycles. The molecule has 1 aromatic rings. The van der Waals surface area contributed by atoms with Crippen molar-refractivity contribution in [1.29, 1.82) is 0 Å². The van der Waals surface area contributed by atoms with Crippen molar-refractivity contribution in [3.63, 3.8) is 0 Å². The highest BCUT2D eigenvalue weighted by Crippen LogP contribution is 2.25. The van der Waals surface area contributed by atoms with Gasteiger partial charge in [0.15, 0.2) is 0 Å². The third-order valence-electron chi connectivity index (χ3n) is 2.57. The number of aromatic carboxylic acids is 1. The van der Waals surface area contributed by atoms with Crippen molar-refractivity contribution in [3.05, 3.63) is 23.8 Å². The SMILES string of the molecule is CCCOc1ccc(C(=O)O)c(OCCCS(C)(=O)=O)c1. The number of hydrogen-bond donors (Lipinski definition) is 1. The maximum absolute atomic E-state index is 11.1. The van der Waals surface area contributed by atoms with Crippen molar-refractivity contribution >= 4 is 15.8 Å². The minimum absolute atomic E-state index is 0.00142. The Morgan fingerprint density at radius 2 is 1.95 bits per heavy atom. The van der Waals surface area contributed by atoms with Crippen LogP contribution in [-0.2, 0) is 9.84 Å². The number of carboxylic acid groups (broad SMARTS) is 1. The molecule has 0 unspecified atom stereocenters. The predicted octanol–water partition coefficient (Wildman–Crippen LogP) is 1.99. The Morgan fingerprint density at radius 3 is 2.52 bits per heavy atom. The summed E-state index contributed by atoms with van der Waals surface area (Å²) in [7, 11) is -3.05. The summed E-state index contributed by atoms with van der Waals surface area (Å²) in [4.78, 5) is 11.1. The molecule has 0 fully saturated rings. The number of hydrogen-bond acceptors (Lipinski definition) is 5. The van der Waals surface area contributed by atoms with Gasteiger partial charge in [0.25, 0.3) is 0 Å². The van der Waals surface area contributed by atoms with Gasteiger partial charge in [0.1, 0.15) is 26.9 Å². The van der Waals surface area contributed by atoms with E-state index in [1.807, 2.05) is 6.92 Å². The molecule has 0 saturated carbocycles. The summed E-state index contributed by atoms with van der Waals surface area (Å²) >= 11 is 0. The molecule has 0 saturated heterocycles. The molecule has 0 spiro atoms. The van der Waals surface area contributed by atoms with Crippen molar-refractivity contribution in [2.75, 3.05) is 25.2 Å². The zero-order valence-electron chi connectivity index (χ0n) is 12.2. The highest BCUT2D eigenvalue weighted by atomic mass is 32.2. The van der Waals surface area contributed by atoms with Crippen LogP contribution in [0.1, 0.15) is 30.1 Å². The summed E-state index contributed by atoms with van der Waals surface area (Å²) in [6.07, 6.45) is 2.29. The third-order valence-corrected chi connectivity index (χ3v) is 3.60. The van der Waals surface area contributed by atoms with Crippen molar-refractivity contribution < 1.29 is 27.8 Å². The number of carbonyl (C=O) groups is 1. The quantitative estimate of drug-likeness (QED) is 0.701. The Labute approximate surface area is 124 Å². The molecule has 0 amide bonds. The Kier molecular flexibility index (Phi) is 6.48. The van der Waals surface area contributed by atoms with Crippen LogP contribution in [0, 0.1) is 0 Å². The van der Waals surface area contributed by atoms with Gasteiger partial charge in [-0.3, -0.25) is 0 Å². The predicted molar refractivity (Wildman–Crippen MR) is 79.0 cm³/mol. The molecule has 0 aliphatic rings. The lowest BCUT2D eigenvalue weighted by atomic mass is 10.2. The lowest BCUT2D eigenvalue weighted by Crippen LogP contribution is -2.10. The normalized spacial score (nSPS) is 11.1. The van der Waals surface area contributed by atoms with Crippen LogP contribution in [0.3, 0.4) is 0 Å². The summed E-state index contributed by atoms with van der Waals surface area (Å²) in [5, 5.41) is 9.10. The van der Waals surface area contributed by atoms with E-state index >= 15 is 0 Å². The summed E-state index contributed by atoms with van der Waals surface area (Å²) in [5.41, 5.74) is 0.0261. The van der Waals surface area contributed by atoms with Gasteiger partial charge in [-0.05, 0) is 25.0 Å². The molecule has 0 bridgehead atoms. The van der Waals surface area contributed by atoms with Gasteiger partial charge in [-0.2, -0.15) is 0 Å². The van der Waals surface area contributed by atoms with E-state index < -0.39 is 15.8 Å². The highest BCUT2D eigenvalue weighted by Gasteiger charge is 2.13. The average molecular weight is 316 g/mol. The lowest BCUT2D eigenvalue weighted by Gasteiger charge is -2.11. The molecule has 1 N–H and O–H groups in total. The zero-order valence-corrected chi connectivity index (χ0v) is 13.0. The van der Waals surface area contributed by atoms with Crippen molar-refractivity contribution in [2.45, 2.75) is 19.8 Å². The molecule has 0 radical (unpaired) electrons. The van der Waals surface area contributed by atoms with Gasteiger partial charge in [0, 0.05) is 12.3 Å². The summed E-state index contributed by atoms with van der Waals surface area (Å²) < 4.78 is 32.9. The molecule has 0 aliphatic carbocycles. The fraction of sp³-hybridized carbons (Fsp3) is 0.500. The lowest BCUT2D eigenvalue weighted by molar-refractivity contribution is 0.0692. The molecule has 0 heterocycles. The average Bonchev–Trinajstić information content (AvgIpc) is 2.40. The van der Waals surface area contributed by atoms with Crippen LogP contribution in [-0.4, -0.2) is 44.7 Å². The van der Waals surface area contributed by atoms with Gasteiger partial charge in [-0.1, -0.05) is 6.92 Å². The third kappa shape index (κ3) is 6.48. The van der Waals surface area contributed by atoms with Crippen LogP contribution in [0.25, 0.3) is 0 Å². The van der Waals surface area contributed by atoms with Gasteiger partial charge < -0.3 is 14.6 Å². The fourth-order valence-electron chi connectivity index (χ4n) is 1.61. The van der Waals surface area contributed by atoms with Crippen LogP contribution in [0.5, 0.6) is 11.5 Å². The van der Waals surface area contributed by atoms with Gasteiger partial charge in [0.05, 0.1) is 19.0 Å². The number of ether oxygens (including phenoxy) is 2. The molecule has 0 atom stereocenters. The standard InChI is InChI=1S/C14H20O6S/c1-3-7-19-11-5-6-12(14(15)16)13(10-11)20-8-4-9-21(2,17)18/h5-6,10H,3-4,7-9H2,1-2H3,(H,15,16). The molecule has 0 aromatic heterocycles. The Bertz CT molecular complexity index is 579. The van der Waals surface area contributed by atoms with E-state index in [9.17, 15) is 13.2 Å². The van der Waals surface area contributed by atoms with Crippen LogP contribution in [0.2, 0.25) is 0 Å². The fourth-order valence-corrected chi connectivity index (χ4v) is 2.25. The Hall–Kier alpha value is -1.76. The Morgan fingerprint density at radius 1 is 1.24 bits per heavy atom. The molecule has 1 rings (SSSR count). The van der Waals surface area contributed by atoms with E-state index in [0.29, 0.717) is 18.8 Å². The maximum Gasteiger partial charge on any atom is 0.339 e. The molecule has 118 valence electrons. The maximum atomic E-state index is 11.1. The van der Waals surface area contributed by atoms with Crippen molar-refractivity contribution in [3.8, 4) is 11.5 Å². The second-order valence-corrected chi connectivity index (χ2v) is 6.90. The first kappa shape index (κ1) is 17.3. The number of carboxylic acids is 1. The van der Waals surface area contributed by atoms with Gasteiger partial charge in [0.2, 0.25) is 0 Å². The first-order chi connectivity index (χ1) is 9.83. The number of sulfone groups is 1. The monoisotopic (exact) mass is 316 g/mol. The minimum atomic E-state index is -3.05. The van der Waals surface area contributed by atoms with Crippen LogP contribution in [0.15, 0.2) is 18.2 Å². The number of benzene rings is 1. The van der Waals surface area contributed by atoms with E-state index in [0.717, 1.165) is 12.7 Å². The van der Waals surface area contributed by atoms with E-state index in [1.165, 1.54) is 12.1 Å². The molecule has 21 heavy (non-hydrogen) atoms. The van der Waals surface area contributed by atoms with Crippen LogP contribution < -0.4 is 9.47 Å². The summed E-state index contributed by atoms with van der Waals surface area (Å²) in [6, 6.07) is 4.50. The van der Waals surface area contributed by atoms with Crippen molar-refractivity contribution in [1.82, 2.24) is 0 Å². The second kappa shape index (κ2) is 7.87. The van der Waals surface area contributed by atoms with Gasteiger partial charge in [-0.15, -0.1) is 0 Å². The smallest absolute Gasteiger partial charge is 0.339 e.